The second kappa shape index (κ2) is 12.0. The Morgan fingerprint density at radius 2 is 2.00 bits per heavy atom. The van der Waals surface area contributed by atoms with Gasteiger partial charge in [0.2, 0.25) is 0 Å². The summed E-state index contributed by atoms with van der Waals surface area (Å²) >= 11 is 0. The minimum absolute atomic E-state index is 0. The molecule has 0 fully saturated rings. The number of ether oxygens (including phenoxy) is 1. The van der Waals surface area contributed by atoms with Crippen molar-refractivity contribution in [3.8, 4) is 0 Å². The van der Waals surface area contributed by atoms with Gasteiger partial charge in [-0.05, 0) is 31.7 Å². The Bertz CT molecular complexity index is 628. The number of pyridine rings is 1. The summed E-state index contributed by atoms with van der Waals surface area (Å²) in [7, 11) is 0. The van der Waals surface area contributed by atoms with Gasteiger partial charge in [-0.15, -0.1) is 24.0 Å². The topological polar surface area (TPSA) is 58.5 Å². The maximum Gasteiger partial charge on any atom is 0.191 e. The Morgan fingerprint density at radius 1 is 1.17 bits per heavy atom. The van der Waals surface area contributed by atoms with Crippen LogP contribution in [0.2, 0.25) is 0 Å². The first-order valence-electron chi connectivity index (χ1n) is 8.27. The van der Waals surface area contributed by atoms with E-state index >= 15 is 0 Å². The van der Waals surface area contributed by atoms with Crippen molar-refractivity contribution in [2.75, 3.05) is 26.3 Å². The predicted molar refractivity (Wildman–Crippen MR) is 111 cm³/mol. The van der Waals surface area contributed by atoms with Crippen molar-refractivity contribution in [2.45, 2.75) is 26.8 Å². The van der Waals surface area contributed by atoms with Crippen molar-refractivity contribution in [1.82, 2.24) is 15.6 Å². The lowest BCUT2D eigenvalue weighted by molar-refractivity contribution is 0.145. The van der Waals surface area contributed by atoms with Gasteiger partial charge < -0.3 is 15.4 Å². The number of guanidine groups is 1. The van der Waals surface area contributed by atoms with Crippen molar-refractivity contribution in [3.05, 3.63) is 42.2 Å². The zero-order chi connectivity index (χ0) is 16.3. The number of nitrogens with zero attached hydrogens (tertiary/aromatic N) is 2. The third-order valence-electron chi connectivity index (χ3n) is 3.45. The van der Waals surface area contributed by atoms with Gasteiger partial charge in [0.05, 0.1) is 12.2 Å². The third kappa shape index (κ3) is 6.60. The van der Waals surface area contributed by atoms with Gasteiger partial charge in [0.25, 0.3) is 0 Å². The monoisotopic (exact) mass is 442 g/mol. The summed E-state index contributed by atoms with van der Waals surface area (Å²) in [5, 5.41) is 8.95. The van der Waals surface area contributed by atoms with E-state index in [-0.39, 0.29) is 24.0 Å². The molecule has 1 aromatic carbocycles. The van der Waals surface area contributed by atoms with Gasteiger partial charge in [-0.25, -0.2) is 4.99 Å². The van der Waals surface area contributed by atoms with E-state index in [2.05, 4.69) is 39.7 Å². The predicted octanol–water partition coefficient (Wildman–Crippen LogP) is 3.33. The van der Waals surface area contributed by atoms with E-state index in [0.717, 1.165) is 49.8 Å². The van der Waals surface area contributed by atoms with E-state index in [9.17, 15) is 0 Å². The number of aliphatic imine (C=N–C) groups is 1. The maximum absolute atomic E-state index is 5.34. The maximum atomic E-state index is 5.34. The zero-order valence-corrected chi connectivity index (χ0v) is 16.7. The number of rotatable bonds is 8. The third-order valence-corrected chi connectivity index (χ3v) is 3.45. The van der Waals surface area contributed by atoms with Crippen LogP contribution in [0.15, 0.2) is 41.5 Å². The molecule has 0 amide bonds. The van der Waals surface area contributed by atoms with Crippen molar-refractivity contribution in [3.63, 3.8) is 0 Å². The molecule has 1 heterocycles. The number of halogens is 1. The fourth-order valence-corrected chi connectivity index (χ4v) is 2.33. The summed E-state index contributed by atoms with van der Waals surface area (Å²) in [5.41, 5.74) is 0.995. The second-order valence-electron chi connectivity index (χ2n) is 5.15. The minimum Gasteiger partial charge on any atom is -0.382 e. The Kier molecular flexibility index (Phi) is 10.3. The van der Waals surface area contributed by atoms with E-state index in [0.29, 0.717) is 6.54 Å². The summed E-state index contributed by atoms with van der Waals surface area (Å²) in [4.78, 5) is 9.12. The molecular formula is C18H27IN4O. The number of hydrogen-bond donors (Lipinski definition) is 2. The summed E-state index contributed by atoms with van der Waals surface area (Å²) < 4.78 is 5.34. The number of nitrogens with one attached hydrogen (secondary N) is 2. The Balaban J connectivity index is 0.00000288. The molecule has 24 heavy (non-hydrogen) atoms. The minimum atomic E-state index is 0. The number of hydrogen-bond acceptors (Lipinski definition) is 3. The van der Waals surface area contributed by atoms with Crippen LogP contribution in [0.25, 0.3) is 10.8 Å². The number of fused-ring (bicyclic) bond motifs is 1. The molecule has 0 radical (unpaired) electrons. The Morgan fingerprint density at radius 3 is 2.79 bits per heavy atom. The average Bonchev–Trinajstić information content (AvgIpc) is 2.59. The van der Waals surface area contributed by atoms with Gasteiger partial charge in [0.1, 0.15) is 0 Å². The molecule has 0 aliphatic rings. The van der Waals surface area contributed by atoms with Crippen LogP contribution < -0.4 is 10.6 Å². The molecule has 2 aromatic rings. The molecule has 132 valence electrons. The van der Waals surface area contributed by atoms with Crippen LogP contribution >= 0.6 is 24.0 Å². The van der Waals surface area contributed by atoms with Crippen molar-refractivity contribution < 1.29 is 4.74 Å². The molecule has 0 aliphatic carbocycles. The normalized spacial score (nSPS) is 11.2. The van der Waals surface area contributed by atoms with Crippen LogP contribution in [0.3, 0.4) is 0 Å². The summed E-state index contributed by atoms with van der Waals surface area (Å²) in [6, 6.07) is 10.3. The second-order valence-corrected chi connectivity index (χ2v) is 5.15. The van der Waals surface area contributed by atoms with Gasteiger partial charge >= 0.3 is 0 Å². The zero-order valence-electron chi connectivity index (χ0n) is 14.4. The first-order chi connectivity index (χ1) is 11.3. The van der Waals surface area contributed by atoms with Crippen molar-refractivity contribution in [2.24, 2.45) is 4.99 Å². The molecule has 2 N–H and O–H groups in total. The van der Waals surface area contributed by atoms with E-state index in [1.807, 2.05) is 31.3 Å². The number of benzene rings is 1. The van der Waals surface area contributed by atoms with Crippen LogP contribution in [0.4, 0.5) is 0 Å². The molecule has 2 rings (SSSR count). The molecule has 1 aromatic heterocycles. The standard InChI is InChI=1S/C18H26N4O.HI/c1-3-19-18(21-11-7-13-23-4-2)22-14-17-16-9-6-5-8-15(16)10-12-20-17;/h5-6,8-10,12H,3-4,7,11,13-14H2,1-2H3,(H2,19,21,22);1H. The lowest BCUT2D eigenvalue weighted by Crippen LogP contribution is -2.38. The smallest absolute Gasteiger partial charge is 0.191 e. The Labute approximate surface area is 161 Å². The lowest BCUT2D eigenvalue weighted by Gasteiger charge is -2.11. The fourth-order valence-electron chi connectivity index (χ4n) is 2.33. The molecule has 5 nitrogen and oxygen atoms in total. The highest BCUT2D eigenvalue weighted by Crippen LogP contribution is 2.16. The first-order valence-corrected chi connectivity index (χ1v) is 8.27. The molecule has 0 spiro atoms. The van der Waals surface area contributed by atoms with Gasteiger partial charge in [-0.2, -0.15) is 0 Å². The van der Waals surface area contributed by atoms with E-state index in [1.165, 1.54) is 5.39 Å². The largest absolute Gasteiger partial charge is 0.382 e. The van der Waals surface area contributed by atoms with Gasteiger partial charge in [-0.1, -0.05) is 24.3 Å². The Hall–Kier alpha value is -1.41. The molecular weight excluding hydrogens is 415 g/mol. The van der Waals surface area contributed by atoms with Crippen molar-refractivity contribution >= 4 is 40.7 Å². The molecule has 0 saturated carbocycles. The molecule has 0 unspecified atom stereocenters. The van der Waals surface area contributed by atoms with Gasteiger partial charge in [0, 0.05) is 37.9 Å². The van der Waals surface area contributed by atoms with E-state index < -0.39 is 0 Å². The summed E-state index contributed by atoms with van der Waals surface area (Å²) in [6.07, 6.45) is 2.81. The van der Waals surface area contributed by atoms with Crippen LogP contribution in [-0.2, 0) is 11.3 Å². The lowest BCUT2D eigenvalue weighted by atomic mass is 10.1. The highest BCUT2D eigenvalue weighted by atomic mass is 127. The van der Waals surface area contributed by atoms with Crippen LogP contribution in [0, 0.1) is 0 Å². The SMILES string of the molecule is CCNC(=NCc1nccc2ccccc12)NCCCOCC.I. The molecule has 0 aliphatic heterocycles. The van der Waals surface area contributed by atoms with Crippen molar-refractivity contribution in [1.29, 1.82) is 0 Å². The van der Waals surface area contributed by atoms with Gasteiger partial charge in [0.15, 0.2) is 5.96 Å². The van der Waals surface area contributed by atoms with Gasteiger partial charge in [-0.3, -0.25) is 4.98 Å². The first kappa shape index (κ1) is 20.6. The quantitative estimate of drug-likeness (QED) is 0.285. The number of aromatic nitrogens is 1. The van der Waals surface area contributed by atoms with E-state index in [1.54, 1.807) is 0 Å². The molecule has 6 heteroatoms. The highest BCUT2D eigenvalue weighted by molar-refractivity contribution is 14.0. The van der Waals surface area contributed by atoms with Crippen LogP contribution in [-0.4, -0.2) is 37.2 Å². The molecule has 0 saturated heterocycles. The highest BCUT2D eigenvalue weighted by Gasteiger charge is 2.02. The van der Waals surface area contributed by atoms with E-state index in [4.69, 9.17) is 4.74 Å². The van der Waals surface area contributed by atoms with Crippen LogP contribution in [0.5, 0.6) is 0 Å². The summed E-state index contributed by atoms with van der Waals surface area (Å²) in [6.45, 7) is 7.84. The fraction of sp³-hybridized carbons (Fsp3) is 0.444. The average molecular weight is 442 g/mol. The summed E-state index contributed by atoms with van der Waals surface area (Å²) in [5.74, 6) is 0.818. The molecule has 0 atom stereocenters. The molecule has 0 bridgehead atoms. The van der Waals surface area contributed by atoms with Crippen LogP contribution in [0.1, 0.15) is 26.0 Å².